The molecule has 5 nitrogen and oxygen atoms in total. The van der Waals surface area contributed by atoms with Gasteiger partial charge in [0.2, 0.25) is 5.91 Å². The van der Waals surface area contributed by atoms with E-state index >= 15 is 0 Å². The van der Waals surface area contributed by atoms with Crippen molar-refractivity contribution in [3.63, 3.8) is 0 Å². The molecule has 1 aromatic carbocycles. The summed E-state index contributed by atoms with van der Waals surface area (Å²) in [5.41, 5.74) is 5.62. The Labute approximate surface area is 141 Å². The maximum Gasteiger partial charge on any atom is 0.256 e. The molecule has 2 aliphatic rings. The van der Waals surface area contributed by atoms with Crippen LogP contribution in [0, 0.1) is 5.82 Å². The Morgan fingerprint density at radius 3 is 2.29 bits per heavy atom. The van der Waals surface area contributed by atoms with Crippen molar-refractivity contribution in [1.29, 1.82) is 0 Å². The highest BCUT2D eigenvalue weighted by atomic mass is 19.1. The summed E-state index contributed by atoms with van der Waals surface area (Å²) in [6.45, 7) is 1.99. The van der Waals surface area contributed by atoms with Gasteiger partial charge in [-0.25, -0.2) is 4.39 Å². The average Bonchev–Trinajstić information content (AvgIpc) is 2.89. The molecular weight excluding hydrogens is 309 g/mol. The number of halogens is 1. The van der Waals surface area contributed by atoms with Crippen LogP contribution in [0.1, 0.15) is 42.5 Å². The van der Waals surface area contributed by atoms with Crippen molar-refractivity contribution in [2.45, 2.75) is 37.6 Å². The van der Waals surface area contributed by atoms with E-state index in [2.05, 4.69) is 0 Å². The van der Waals surface area contributed by atoms with E-state index in [-0.39, 0.29) is 17.4 Å². The molecule has 6 heteroatoms. The van der Waals surface area contributed by atoms with Crippen LogP contribution in [-0.4, -0.2) is 53.3 Å². The smallest absolute Gasteiger partial charge is 0.256 e. The monoisotopic (exact) mass is 333 g/mol. The molecule has 0 atom stereocenters. The maximum atomic E-state index is 13.8. The van der Waals surface area contributed by atoms with Gasteiger partial charge in [-0.1, -0.05) is 25.0 Å². The van der Waals surface area contributed by atoms with Gasteiger partial charge in [0, 0.05) is 26.2 Å². The summed E-state index contributed by atoms with van der Waals surface area (Å²) in [5.74, 6) is -0.822. The van der Waals surface area contributed by atoms with Gasteiger partial charge in [0.25, 0.3) is 5.91 Å². The van der Waals surface area contributed by atoms with Gasteiger partial charge in [-0.2, -0.15) is 0 Å². The van der Waals surface area contributed by atoms with E-state index in [1.807, 2.05) is 0 Å². The Bertz CT molecular complexity index is 628. The van der Waals surface area contributed by atoms with Crippen LogP contribution >= 0.6 is 0 Å². The van der Waals surface area contributed by atoms with E-state index in [9.17, 15) is 14.0 Å². The minimum atomic E-state index is -0.731. The van der Waals surface area contributed by atoms with E-state index < -0.39 is 11.4 Å². The van der Waals surface area contributed by atoms with Gasteiger partial charge in [-0.15, -0.1) is 0 Å². The summed E-state index contributed by atoms with van der Waals surface area (Å²) >= 11 is 0. The fourth-order valence-corrected chi connectivity index (χ4v) is 3.66. The molecule has 2 fully saturated rings. The van der Waals surface area contributed by atoms with Crippen molar-refractivity contribution in [2.24, 2.45) is 5.73 Å². The number of rotatable bonds is 2. The summed E-state index contributed by atoms with van der Waals surface area (Å²) in [7, 11) is 0. The van der Waals surface area contributed by atoms with Crippen LogP contribution < -0.4 is 5.73 Å². The molecule has 0 spiro atoms. The van der Waals surface area contributed by atoms with Crippen molar-refractivity contribution in [3.8, 4) is 0 Å². The highest BCUT2D eigenvalue weighted by Crippen LogP contribution is 2.29. The molecule has 1 aliphatic carbocycles. The van der Waals surface area contributed by atoms with Crippen molar-refractivity contribution >= 4 is 11.8 Å². The number of benzene rings is 1. The van der Waals surface area contributed by atoms with Gasteiger partial charge >= 0.3 is 0 Å². The zero-order chi connectivity index (χ0) is 17.2. The first-order valence-electron chi connectivity index (χ1n) is 8.63. The lowest BCUT2D eigenvalue weighted by Crippen LogP contribution is -2.54. The third kappa shape index (κ3) is 3.29. The molecule has 1 saturated carbocycles. The normalized spacial score (nSPS) is 20.8. The summed E-state index contributed by atoms with van der Waals surface area (Å²) in [4.78, 5) is 28.6. The van der Waals surface area contributed by atoms with Crippen LogP contribution in [0.5, 0.6) is 0 Å². The molecule has 1 aliphatic heterocycles. The molecule has 24 heavy (non-hydrogen) atoms. The van der Waals surface area contributed by atoms with E-state index in [1.165, 1.54) is 12.1 Å². The van der Waals surface area contributed by atoms with Crippen molar-refractivity contribution in [1.82, 2.24) is 9.80 Å². The predicted octanol–water partition coefficient (Wildman–Crippen LogP) is 1.77. The zero-order valence-corrected chi connectivity index (χ0v) is 13.8. The molecule has 2 amide bonds. The minimum absolute atomic E-state index is 0.000177. The number of nitrogens with two attached hydrogens (primary N) is 1. The molecule has 1 aromatic rings. The van der Waals surface area contributed by atoms with Crippen LogP contribution in [0.15, 0.2) is 24.3 Å². The van der Waals surface area contributed by atoms with Crippen molar-refractivity contribution < 1.29 is 14.0 Å². The Balaban J connectivity index is 1.66. The first-order valence-corrected chi connectivity index (χ1v) is 8.63. The van der Waals surface area contributed by atoms with Crippen LogP contribution in [0.2, 0.25) is 0 Å². The Kier molecular flexibility index (Phi) is 4.85. The number of nitrogens with zero attached hydrogens (tertiary/aromatic N) is 2. The van der Waals surface area contributed by atoms with E-state index in [0.29, 0.717) is 32.6 Å². The minimum Gasteiger partial charge on any atom is -0.339 e. The summed E-state index contributed by atoms with van der Waals surface area (Å²) in [6, 6.07) is 6.01. The van der Waals surface area contributed by atoms with Crippen molar-refractivity contribution in [3.05, 3.63) is 35.6 Å². The third-order valence-electron chi connectivity index (χ3n) is 5.10. The Morgan fingerprint density at radius 2 is 1.58 bits per heavy atom. The second kappa shape index (κ2) is 6.89. The van der Waals surface area contributed by atoms with Crippen LogP contribution in [-0.2, 0) is 4.79 Å². The van der Waals surface area contributed by atoms with Gasteiger partial charge < -0.3 is 15.5 Å². The second-order valence-electron chi connectivity index (χ2n) is 6.78. The highest BCUT2D eigenvalue weighted by Gasteiger charge is 2.40. The lowest BCUT2D eigenvalue weighted by atomic mass is 9.97. The second-order valence-corrected chi connectivity index (χ2v) is 6.78. The predicted molar refractivity (Wildman–Crippen MR) is 88.9 cm³/mol. The number of carbonyl (C=O) groups excluding carboxylic acids is 2. The fraction of sp³-hybridized carbons (Fsp3) is 0.556. The van der Waals surface area contributed by atoms with E-state index in [1.54, 1.807) is 21.9 Å². The summed E-state index contributed by atoms with van der Waals surface area (Å²) < 4.78 is 13.8. The van der Waals surface area contributed by atoms with Crippen LogP contribution in [0.25, 0.3) is 0 Å². The fourth-order valence-electron chi connectivity index (χ4n) is 3.66. The standard InChI is InChI=1S/C18H24FN3O2/c19-15-7-2-1-6-14(15)16(23)21-10-5-11-22(13-12-21)17(24)18(20)8-3-4-9-18/h1-2,6-7H,3-5,8-13,20H2. The molecule has 3 rings (SSSR count). The third-order valence-corrected chi connectivity index (χ3v) is 5.10. The first kappa shape index (κ1) is 16.9. The van der Waals surface area contributed by atoms with Gasteiger partial charge in [0.05, 0.1) is 11.1 Å². The SMILES string of the molecule is NC1(C(=O)N2CCCN(C(=O)c3ccccc3F)CC2)CCCC1. The highest BCUT2D eigenvalue weighted by molar-refractivity contribution is 5.94. The average molecular weight is 333 g/mol. The summed E-state index contributed by atoms with van der Waals surface area (Å²) in [6.07, 6.45) is 4.14. The lowest BCUT2D eigenvalue weighted by Gasteiger charge is -2.30. The molecule has 0 radical (unpaired) electrons. The molecule has 130 valence electrons. The van der Waals surface area contributed by atoms with Gasteiger partial charge in [0.1, 0.15) is 5.82 Å². The number of amides is 2. The quantitative estimate of drug-likeness (QED) is 0.897. The Hall–Kier alpha value is -1.95. The molecule has 0 aromatic heterocycles. The molecule has 1 heterocycles. The van der Waals surface area contributed by atoms with E-state index in [4.69, 9.17) is 5.73 Å². The molecular formula is C18H24FN3O2. The first-order chi connectivity index (χ1) is 11.5. The van der Waals surface area contributed by atoms with Crippen LogP contribution in [0.3, 0.4) is 0 Å². The van der Waals surface area contributed by atoms with E-state index in [0.717, 1.165) is 25.7 Å². The lowest BCUT2D eigenvalue weighted by molar-refractivity contribution is -0.136. The van der Waals surface area contributed by atoms with Crippen LogP contribution in [0.4, 0.5) is 4.39 Å². The maximum absolute atomic E-state index is 13.8. The van der Waals surface area contributed by atoms with Gasteiger partial charge in [-0.05, 0) is 31.4 Å². The number of hydrogen-bond donors (Lipinski definition) is 1. The Morgan fingerprint density at radius 1 is 0.958 bits per heavy atom. The molecule has 1 saturated heterocycles. The molecule has 0 unspecified atom stereocenters. The van der Waals surface area contributed by atoms with Gasteiger partial charge in [0.15, 0.2) is 0 Å². The molecule has 2 N–H and O–H groups in total. The van der Waals surface area contributed by atoms with Crippen molar-refractivity contribution in [2.75, 3.05) is 26.2 Å². The molecule has 0 bridgehead atoms. The summed E-state index contributed by atoms with van der Waals surface area (Å²) in [5, 5.41) is 0. The number of hydrogen-bond acceptors (Lipinski definition) is 3. The topological polar surface area (TPSA) is 66.6 Å². The van der Waals surface area contributed by atoms with Gasteiger partial charge in [-0.3, -0.25) is 9.59 Å². The largest absolute Gasteiger partial charge is 0.339 e. The number of carbonyl (C=O) groups is 2. The zero-order valence-electron chi connectivity index (χ0n) is 13.8.